The van der Waals surface area contributed by atoms with Crippen molar-refractivity contribution in [3.05, 3.63) is 63.7 Å². The molecule has 1 aliphatic rings. The number of carbonyl (C=O) groups is 2. The van der Waals surface area contributed by atoms with Crippen LogP contribution in [-0.2, 0) is 11.1 Å². The molecule has 1 atom stereocenters. The number of benzene rings is 2. The largest absolute Gasteiger partial charge is 0.302 e. The lowest BCUT2D eigenvalue weighted by molar-refractivity contribution is 0.0976. The van der Waals surface area contributed by atoms with E-state index in [1.165, 1.54) is 18.2 Å². The average molecular weight is 307 g/mol. The minimum Gasteiger partial charge on any atom is -0.302 e. The van der Waals surface area contributed by atoms with Crippen LogP contribution in [0.25, 0.3) is 0 Å². The number of carbonyl (C=O) groups excluding carboxylic acids is 2. The Balaban J connectivity index is 2.40. The first-order valence-electron chi connectivity index (χ1n) is 5.64. The summed E-state index contributed by atoms with van der Waals surface area (Å²) in [5.41, 5.74) is 0.540. The Morgan fingerprint density at radius 2 is 1.50 bits per heavy atom. The average Bonchev–Trinajstić information content (AvgIpc) is 2.44. The van der Waals surface area contributed by atoms with E-state index in [0.29, 0.717) is 5.56 Å². The third-order valence-electron chi connectivity index (χ3n) is 3.17. The van der Waals surface area contributed by atoms with Crippen LogP contribution in [0, 0.1) is 0 Å². The molecule has 20 heavy (non-hydrogen) atoms. The molecule has 0 aliphatic heterocycles. The monoisotopic (exact) mass is 306 g/mol. The van der Waals surface area contributed by atoms with Gasteiger partial charge in [-0.2, -0.15) is 0 Å². The van der Waals surface area contributed by atoms with Crippen LogP contribution >= 0.6 is 11.6 Å². The Bertz CT molecular complexity index is 798. The van der Waals surface area contributed by atoms with Crippen LogP contribution in [0.15, 0.2) is 41.3 Å². The first-order chi connectivity index (χ1) is 9.52. The van der Waals surface area contributed by atoms with Crippen molar-refractivity contribution in [2.24, 2.45) is 0 Å². The molecule has 0 saturated heterocycles. The zero-order valence-electron chi connectivity index (χ0n) is 9.92. The van der Waals surface area contributed by atoms with Gasteiger partial charge in [-0.1, -0.05) is 35.9 Å². The molecular formula is C14H7ClO4S. The van der Waals surface area contributed by atoms with Crippen LogP contribution in [0.2, 0.25) is 5.02 Å². The molecule has 2 aromatic carbocycles. The van der Waals surface area contributed by atoms with Gasteiger partial charge in [0.1, 0.15) is 0 Å². The molecule has 1 unspecified atom stereocenters. The van der Waals surface area contributed by atoms with Gasteiger partial charge in [-0.3, -0.25) is 9.59 Å². The molecule has 6 heteroatoms. The Labute approximate surface area is 121 Å². The van der Waals surface area contributed by atoms with E-state index in [-0.39, 0.29) is 32.4 Å². The molecule has 0 aromatic heterocycles. The summed E-state index contributed by atoms with van der Waals surface area (Å²) in [6.45, 7) is 0. The Kier molecular flexibility index (Phi) is 3.05. The molecule has 0 heterocycles. The molecule has 1 aliphatic carbocycles. The second-order valence-corrected chi connectivity index (χ2v) is 5.57. The highest BCUT2D eigenvalue weighted by molar-refractivity contribution is 7.79. The number of halogens is 1. The van der Waals surface area contributed by atoms with Crippen LogP contribution in [0.1, 0.15) is 31.8 Å². The van der Waals surface area contributed by atoms with Gasteiger partial charge in [0.15, 0.2) is 22.6 Å². The summed E-state index contributed by atoms with van der Waals surface area (Å²) in [5.74, 6) is -0.811. The lowest BCUT2D eigenvalue weighted by Crippen LogP contribution is -2.23. The van der Waals surface area contributed by atoms with Gasteiger partial charge in [0.2, 0.25) is 0 Å². The van der Waals surface area contributed by atoms with Crippen molar-refractivity contribution in [3.63, 3.8) is 0 Å². The zero-order chi connectivity index (χ0) is 14.4. The van der Waals surface area contributed by atoms with Crippen LogP contribution < -0.4 is 0 Å². The van der Waals surface area contributed by atoms with Gasteiger partial charge in [-0.25, -0.2) is 4.21 Å². The van der Waals surface area contributed by atoms with Gasteiger partial charge in [0.25, 0.3) is 0 Å². The van der Waals surface area contributed by atoms with Gasteiger partial charge < -0.3 is 4.55 Å². The van der Waals surface area contributed by atoms with E-state index >= 15 is 0 Å². The van der Waals surface area contributed by atoms with Crippen molar-refractivity contribution >= 4 is 34.2 Å². The van der Waals surface area contributed by atoms with Crippen molar-refractivity contribution in [3.8, 4) is 0 Å². The van der Waals surface area contributed by atoms with E-state index < -0.39 is 16.9 Å². The van der Waals surface area contributed by atoms with Gasteiger partial charge in [-0.05, 0) is 12.1 Å². The molecule has 1 N–H and O–H groups in total. The molecule has 0 spiro atoms. The molecule has 4 nitrogen and oxygen atoms in total. The predicted molar refractivity (Wildman–Crippen MR) is 73.8 cm³/mol. The third kappa shape index (κ3) is 1.75. The smallest absolute Gasteiger partial charge is 0.195 e. The van der Waals surface area contributed by atoms with Crippen molar-refractivity contribution < 1.29 is 18.4 Å². The summed E-state index contributed by atoms with van der Waals surface area (Å²) in [6, 6.07) is 9.13. The quantitative estimate of drug-likeness (QED) is 0.702. The molecule has 0 saturated carbocycles. The molecule has 0 amide bonds. The molecule has 100 valence electrons. The van der Waals surface area contributed by atoms with Gasteiger partial charge in [-0.15, -0.1) is 0 Å². The molecule has 3 rings (SSSR count). The lowest BCUT2D eigenvalue weighted by atomic mass is 9.84. The summed E-state index contributed by atoms with van der Waals surface area (Å²) in [5, 5.41) is -0.00915. The fourth-order valence-electron chi connectivity index (χ4n) is 2.30. The van der Waals surface area contributed by atoms with E-state index in [2.05, 4.69) is 0 Å². The second kappa shape index (κ2) is 4.63. The number of hydrogen-bond acceptors (Lipinski definition) is 3. The van der Waals surface area contributed by atoms with E-state index in [9.17, 15) is 18.4 Å². The summed E-state index contributed by atoms with van der Waals surface area (Å²) in [7, 11) is 0. The van der Waals surface area contributed by atoms with Crippen molar-refractivity contribution in [2.75, 3.05) is 0 Å². The van der Waals surface area contributed by atoms with Crippen molar-refractivity contribution in [1.29, 1.82) is 0 Å². The standard InChI is InChI=1S/C14H7ClO4S/c15-10-6-5-9-11(14(10)20(18)19)13(17)8-4-2-1-3-7(8)12(9)16/h1-6H,(H,18,19). The fourth-order valence-corrected chi connectivity index (χ4v) is 3.27. The number of rotatable bonds is 1. The Hall–Kier alpha value is -1.82. The van der Waals surface area contributed by atoms with Gasteiger partial charge in [0.05, 0.1) is 15.5 Å². The highest BCUT2D eigenvalue weighted by atomic mass is 35.5. The van der Waals surface area contributed by atoms with E-state index in [1.807, 2.05) is 0 Å². The molecular weight excluding hydrogens is 300 g/mol. The van der Waals surface area contributed by atoms with Gasteiger partial charge in [0, 0.05) is 16.7 Å². The molecule has 0 radical (unpaired) electrons. The minimum atomic E-state index is -2.45. The molecule has 2 aromatic rings. The summed E-state index contributed by atoms with van der Waals surface area (Å²) >= 11 is 3.43. The maximum atomic E-state index is 12.5. The summed E-state index contributed by atoms with van der Waals surface area (Å²) in [4.78, 5) is 24.6. The van der Waals surface area contributed by atoms with Crippen LogP contribution in [-0.4, -0.2) is 20.3 Å². The van der Waals surface area contributed by atoms with E-state index in [0.717, 1.165) is 0 Å². The summed E-state index contributed by atoms with van der Waals surface area (Å²) in [6.07, 6.45) is 0. The Morgan fingerprint density at radius 3 is 2.10 bits per heavy atom. The second-order valence-electron chi connectivity index (χ2n) is 4.25. The zero-order valence-corrected chi connectivity index (χ0v) is 11.5. The fraction of sp³-hybridized carbons (Fsp3) is 0. The topological polar surface area (TPSA) is 71.4 Å². The molecule has 0 fully saturated rings. The number of hydrogen-bond donors (Lipinski definition) is 1. The predicted octanol–water partition coefficient (Wildman–Crippen LogP) is 2.70. The first-order valence-corrected chi connectivity index (χ1v) is 7.12. The minimum absolute atomic E-state index is 0.00915. The van der Waals surface area contributed by atoms with E-state index in [1.54, 1.807) is 18.2 Å². The maximum absolute atomic E-state index is 12.5. The highest BCUT2D eigenvalue weighted by Gasteiger charge is 2.33. The number of ketones is 2. The highest BCUT2D eigenvalue weighted by Crippen LogP contribution is 2.34. The van der Waals surface area contributed by atoms with Crippen molar-refractivity contribution in [2.45, 2.75) is 4.90 Å². The third-order valence-corrected chi connectivity index (χ3v) is 4.37. The lowest BCUT2D eigenvalue weighted by Gasteiger charge is -2.19. The number of fused-ring (bicyclic) bond motifs is 2. The Morgan fingerprint density at radius 1 is 0.900 bits per heavy atom. The van der Waals surface area contributed by atoms with E-state index in [4.69, 9.17) is 11.6 Å². The van der Waals surface area contributed by atoms with Crippen LogP contribution in [0.5, 0.6) is 0 Å². The van der Waals surface area contributed by atoms with Crippen molar-refractivity contribution in [1.82, 2.24) is 0 Å². The summed E-state index contributed by atoms with van der Waals surface area (Å²) < 4.78 is 20.8. The molecule has 0 bridgehead atoms. The normalized spacial score (nSPS) is 14.7. The SMILES string of the molecule is O=C1c2ccccc2C(=O)c2c1ccc(Cl)c2S(=O)O. The van der Waals surface area contributed by atoms with Crippen LogP contribution in [0.4, 0.5) is 0 Å². The first kappa shape index (κ1) is 13.2. The van der Waals surface area contributed by atoms with Gasteiger partial charge >= 0.3 is 0 Å². The van der Waals surface area contributed by atoms with Crippen LogP contribution in [0.3, 0.4) is 0 Å². The maximum Gasteiger partial charge on any atom is 0.195 e.